The molecule has 0 bridgehead atoms. The number of rotatable bonds is 3. The molecule has 7 heteroatoms. The average Bonchev–Trinajstić information content (AvgIpc) is 4.00. The fourth-order valence-electron chi connectivity index (χ4n) is 9.62. The van der Waals surface area contributed by atoms with E-state index in [-0.39, 0.29) is 0 Å². The summed E-state index contributed by atoms with van der Waals surface area (Å²) in [7, 11) is 0. The Morgan fingerprint density at radius 2 is 1.00 bits per heavy atom. The molecule has 8 aromatic carbocycles. The number of nitrogens with zero attached hydrogens (tertiary/aromatic N) is 5. The first kappa shape index (κ1) is 33.3. The highest BCUT2D eigenvalue weighted by molar-refractivity contribution is 7.26. The molecular formula is C54H29N5S2. The van der Waals surface area contributed by atoms with Gasteiger partial charge in [0.1, 0.15) is 11.2 Å². The van der Waals surface area contributed by atoms with Crippen LogP contribution in [-0.2, 0) is 0 Å². The van der Waals surface area contributed by atoms with Crippen LogP contribution in [0.2, 0.25) is 0 Å². The molecule has 0 aliphatic heterocycles. The van der Waals surface area contributed by atoms with Crippen molar-refractivity contribution in [2.75, 3.05) is 0 Å². The van der Waals surface area contributed by atoms with Gasteiger partial charge < -0.3 is 0 Å². The Hall–Kier alpha value is -7.58. The number of hydrogen-bond acceptors (Lipinski definition) is 6. The molecule has 282 valence electrons. The van der Waals surface area contributed by atoms with Gasteiger partial charge in [0.25, 0.3) is 0 Å². The van der Waals surface area contributed by atoms with E-state index in [1.165, 1.54) is 61.9 Å². The number of fused-ring (bicyclic) bond motifs is 16. The fourth-order valence-corrected chi connectivity index (χ4v) is 11.8. The van der Waals surface area contributed by atoms with E-state index >= 15 is 0 Å². The van der Waals surface area contributed by atoms with Gasteiger partial charge in [0.05, 0.1) is 16.7 Å². The van der Waals surface area contributed by atoms with Crippen LogP contribution in [0, 0.1) is 0 Å². The molecule has 0 atom stereocenters. The lowest BCUT2D eigenvalue weighted by Crippen LogP contribution is -2.04. The van der Waals surface area contributed by atoms with Crippen LogP contribution in [0.5, 0.6) is 0 Å². The lowest BCUT2D eigenvalue weighted by Gasteiger charge is -2.14. The molecule has 6 heterocycles. The molecule has 0 saturated heterocycles. The molecule has 0 N–H and O–H groups in total. The van der Waals surface area contributed by atoms with Crippen molar-refractivity contribution >= 4 is 128 Å². The summed E-state index contributed by atoms with van der Waals surface area (Å²) in [6.07, 6.45) is 1.86. The predicted octanol–water partition coefficient (Wildman–Crippen LogP) is 15.0. The van der Waals surface area contributed by atoms with E-state index in [4.69, 9.17) is 19.9 Å². The van der Waals surface area contributed by atoms with Crippen molar-refractivity contribution in [1.82, 2.24) is 24.5 Å². The van der Waals surface area contributed by atoms with E-state index in [9.17, 15) is 0 Å². The first-order valence-corrected chi connectivity index (χ1v) is 22.0. The number of para-hydroxylation sites is 1. The summed E-state index contributed by atoms with van der Waals surface area (Å²) in [6, 6.07) is 61.0. The van der Waals surface area contributed by atoms with Crippen LogP contribution in [0.1, 0.15) is 0 Å². The third kappa shape index (κ3) is 4.81. The van der Waals surface area contributed by atoms with Crippen LogP contribution in [0.25, 0.3) is 134 Å². The summed E-state index contributed by atoms with van der Waals surface area (Å²) in [6.45, 7) is 0. The van der Waals surface area contributed by atoms with Gasteiger partial charge in [-0.1, -0.05) is 97.1 Å². The zero-order valence-corrected chi connectivity index (χ0v) is 33.9. The Labute approximate surface area is 355 Å². The molecule has 0 amide bonds. The van der Waals surface area contributed by atoms with E-state index in [1.54, 1.807) is 0 Å². The Kier molecular flexibility index (Phi) is 6.80. The Morgan fingerprint density at radius 1 is 0.393 bits per heavy atom. The van der Waals surface area contributed by atoms with Crippen LogP contribution >= 0.6 is 22.7 Å². The van der Waals surface area contributed by atoms with Crippen molar-refractivity contribution < 1.29 is 0 Å². The number of pyridine rings is 2. The van der Waals surface area contributed by atoms with E-state index in [2.05, 4.69) is 168 Å². The second kappa shape index (κ2) is 12.5. The summed E-state index contributed by atoms with van der Waals surface area (Å²) in [4.78, 5) is 21.5. The van der Waals surface area contributed by atoms with Crippen LogP contribution in [0.3, 0.4) is 0 Å². The number of hydrogen-bond donors (Lipinski definition) is 0. The molecule has 14 rings (SSSR count). The predicted molar refractivity (Wildman–Crippen MR) is 259 cm³/mol. The molecule has 14 aromatic rings. The Balaban J connectivity index is 1.05. The van der Waals surface area contributed by atoms with Crippen molar-refractivity contribution in [2.24, 2.45) is 0 Å². The van der Waals surface area contributed by atoms with E-state index in [0.717, 1.165) is 66.4 Å². The van der Waals surface area contributed by atoms with Gasteiger partial charge in [-0.05, 0) is 94.3 Å². The summed E-state index contributed by atoms with van der Waals surface area (Å²) in [5.41, 5.74) is 6.45. The SMILES string of the molecule is c1ccc2c(c1)ccc1sc3ccc(-c4ccc5ccc6c(-n7c8ccccc8c8cccnc87)nc(-c7ccc8sc9ccc%10ccccc%10c9c8c7)nc6c5n4)cc3c12. The van der Waals surface area contributed by atoms with Gasteiger partial charge in [0.15, 0.2) is 11.6 Å². The highest BCUT2D eigenvalue weighted by Gasteiger charge is 2.21. The van der Waals surface area contributed by atoms with E-state index in [1.807, 2.05) is 34.9 Å². The molecule has 0 unspecified atom stereocenters. The van der Waals surface area contributed by atoms with Crippen LogP contribution in [0.4, 0.5) is 0 Å². The van der Waals surface area contributed by atoms with Gasteiger partial charge >= 0.3 is 0 Å². The molecule has 6 aromatic heterocycles. The lowest BCUT2D eigenvalue weighted by molar-refractivity contribution is 1.06. The zero-order chi connectivity index (χ0) is 39.8. The van der Waals surface area contributed by atoms with Gasteiger partial charge in [-0.15, -0.1) is 22.7 Å². The van der Waals surface area contributed by atoms with Gasteiger partial charge in [0, 0.05) is 79.2 Å². The Bertz CT molecular complexity index is 4140. The highest BCUT2D eigenvalue weighted by atomic mass is 32.1. The number of aromatic nitrogens is 5. The van der Waals surface area contributed by atoms with Crippen molar-refractivity contribution in [3.63, 3.8) is 0 Å². The molecule has 61 heavy (non-hydrogen) atoms. The third-order valence-corrected chi connectivity index (χ3v) is 14.7. The Morgan fingerprint density at radius 3 is 1.75 bits per heavy atom. The van der Waals surface area contributed by atoms with Gasteiger partial charge in [-0.2, -0.15) is 0 Å². The van der Waals surface area contributed by atoms with Gasteiger partial charge in [-0.25, -0.2) is 19.9 Å². The smallest absolute Gasteiger partial charge is 0.162 e. The second-order valence-electron chi connectivity index (χ2n) is 15.8. The number of thiophene rings is 2. The van der Waals surface area contributed by atoms with Crippen LogP contribution in [0.15, 0.2) is 176 Å². The maximum atomic E-state index is 5.51. The second-order valence-corrected chi connectivity index (χ2v) is 17.9. The molecule has 0 fully saturated rings. The molecule has 0 aliphatic rings. The quantitative estimate of drug-likeness (QED) is 0.167. The van der Waals surface area contributed by atoms with Crippen LogP contribution < -0.4 is 0 Å². The van der Waals surface area contributed by atoms with E-state index in [0.29, 0.717) is 5.82 Å². The number of benzene rings is 8. The van der Waals surface area contributed by atoms with Crippen molar-refractivity contribution in [2.45, 2.75) is 0 Å². The summed E-state index contributed by atoms with van der Waals surface area (Å²) in [5.74, 6) is 1.42. The largest absolute Gasteiger partial charge is 0.277 e. The fraction of sp³-hybridized carbons (Fsp3) is 0. The minimum atomic E-state index is 0.642. The van der Waals surface area contributed by atoms with Crippen molar-refractivity contribution in [3.05, 3.63) is 176 Å². The molecular weight excluding hydrogens is 783 g/mol. The molecule has 5 nitrogen and oxygen atoms in total. The lowest BCUT2D eigenvalue weighted by atomic mass is 10.0. The first-order valence-electron chi connectivity index (χ1n) is 20.4. The van der Waals surface area contributed by atoms with E-state index < -0.39 is 0 Å². The minimum absolute atomic E-state index is 0.642. The van der Waals surface area contributed by atoms with Crippen LogP contribution in [-0.4, -0.2) is 24.5 Å². The normalized spacial score (nSPS) is 12.3. The molecule has 0 radical (unpaired) electrons. The molecule has 0 saturated carbocycles. The average molecular weight is 812 g/mol. The van der Waals surface area contributed by atoms with Crippen molar-refractivity contribution in [3.8, 4) is 28.5 Å². The van der Waals surface area contributed by atoms with Gasteiger partial charge in [0.2, 0.25) is 0 Å². The zero-order valence-electron chi connectivity index (χ0n) is 32.3. The molecule has 0 aliphatic carbocycles. The first-order chi connectivity index (χ1) is 30.2. The third-order valence-electron chi connectivity index (χ3n) is 12.4. The van der Waals surface area contributed by atoms with Gasteiger partial charge in [-0.3, -0.25) is 4.57 Å². The maximum absolute atomic E-state index is 5.51. The summed E-state index contributed by atoms with van der Waals surface area (Å²) < 4.78 is 7.28. The summed E-state index contributed by atoms with van der Waals surface area (Å²) >= 11 is 3.67. The highest BCUT2D eigenvalue weighted by Crippen LogP contribution is 2.43. The molecule has 0 spiro atoms. The summed E-state index contributed by atoms with van der Waals surface area (Å²) in [5, 5.41) is 14.2. The van der Waals surface area contributed by atoms with Crippen molar-refractivity contribution in [1.29, 1.82) is 0 Å². The topological polar surface area (TPSA) is 56.5 Å². The minimum Gasteiger partial charge on any atom is -0.277 e. The monoisotopic (exact) mass is 811 g/mol. The maximum Gasteiger partial charge on any atom is 0.162 e. The standard InChI is InChI=1S/C54H29N5S2/c1-3-10-35-30(8-1)17-25-46-48(35)40-28-33(19-23-44(40)60-46)42-22-16-32-15-21-39-51(50(32)56-42)57-52(58-54(39)59-43-14-6-5-12-37(43)38-13-7-27-55-53(38)59)34-20-24-45-41(29-34)49-36-11-4-2-9-31(36)18-26-47(49)61-45/h1-29H.